The van der Waals surface area contributed by atoms with Crippen LogP contribution in [0.25, 0.3) is 0 Å². The summed E-state index contributed by atoms with van der Waals surface area (Å²) in [5.41, 5.74) is 3.23. The highest BCUT2D eigenvalue weighted by Gasteiger charge is 2.14. The average molecular weight is 270 g/mol. The third-order valence-electron chi connectivity index (χ3n) is 3.14. The van der Waals surface area contributed by atoms with Gasteiger partial charge >= 0.3 is 0 Å². The number of benzene rings is 1. The molecule has 1 aromatic heterocycles. The molecule has 1 aromatic carbocycles. The molecule has 1 heterocycles. The number of para-hydroxylation sites is 1. The largest absolute Gasteiger partial charge is 0.487 e. The summed E-state index contributed by atoms with van der Waals surface area (Å²) in [5, 5.41) is 17.0. The van der Waals surface area contributed by atoms with E-state index in [0.717, 1.165) is 35.5 Å². The van der Waals surface area contributed by atoms with Crippen LogP contribution in [0.1, 0.15) is 35.9 Å². The summed E-state index contributed by atoms with van der Waals surface area (Å²) in [7, 11) is 0. The maximum Gasteiger partial charge on any atom is 0.189 e. The lowest BCUT2D eigenvalue weighted by Gasteiger charge is -2.12. The van der Waals surface area contributed by atoms with Gasteiger partial charge < -0.3 is 4.74 Å². The van der Waals surface area contributed by atoms with Crippen LogP contribution in [0.5, 0.6) is 5.75 Å². The van der Waals surface area contributed by atoms with Crippen molar-refractivity contribution in [3.63, 3.8) is 0 Å². The van der Waals surface area contributed by atoms with E-state index in [1.165, 1.54) is 0 Å². The molecule has 0 fully saturated rings. The van der Waals surface area contributed by atoms with E-state index in [-0.39, 0.29) is 0 Å². The van der Waals surface area contributed by atoms with Crippen molar-refractivity contribution < 1.29 is 4.74 Å². The van der Waals surface area contributed by atoms with Crippen molar-refractivity contribution in [2.45, 2.75) is 40.3 Å². The lowest BCUT2D eigenvalue weighted by atomic mass is 10.1. The fraction of sp³-hybridized carbons (Fsp3) is 0.400. The average Bonchev–Trinajstić information content (AvgIpc) is 2.81. The molecule has 0 spiro atoms. The predicted octanol–water partition coefficient (Wildman–Crippen LogP) is 2.76. The van der Waals surface area contributed by atoms with E-state index in [9.17, 15) is 0 Å². The zero-order chi connectivity index (χ0) is 14.5. The van der Waals surface area contributed by atoms with Crippen molar-refractivity contribution >= 4 is 0 Å². The summed E-state index contributed by atoms with van der Waals surface area (Å²) in [6.07, 6.45) is 0.935. The zero-order valence-electron chi connectivity index (χ0n) is 12.1. The normalized spacial score (nSPS) is 10.3. The van der Waals surface area contributed by atoms with Gasteiger partial charge in [0, 0.05) is 6.54 Å². The van der Waals surface area contributed by atoms with E-state index in [0.29, 0.717) is 12.3 Å². The molecule has 0 radical (unpaired) electrons. The fourth-order valence-corrected chi connectivity index (χ4v) is 2.12. The van der Waals surface area contributed by atoms with Gasteiger partial charge in [-0.05, 0) is 31.4 Å². The van der Waals surface area contributed by atoms with Crippen LogP contribution in [0.15, 0.2) is 18.2 Å². The minimum atomic E-state index is 0.307. The van der Waals surface area contributed by atoms with Gasteiger partial charge in [-0.1, -0.05) is 30.3 Å². The first-order valence-electron chi connectivity index (χ1n) is 6.68. The lowest BCUT2D eigenvalue weighted by Crippen LogP contribution is -2.09. The number of hydrogen-bond donors (Lipinski definition) is 0. The molecule has 0 bridgehead atoms. The van der Waals surface area contributed by atoms with Crippen LogP contribution in [-0.2, 0) is 13.2 Å². The highest BCUT2D eigenvalue weighted by Crippen LogP contribution is 2.23. The monoisotopic (exact) mass is 270 g/mol. The molecule has 0 unspecified atom stereocenters. The van der Waals surface area contributed by atoms with Gasteiger partial charge in [0.2, 0.25) is 0 Å². The summed E-state index contributed by atoms with van der Waals surface area (Å²) < 4.78 is 7.63. The minimum Gasteiger partial charge on any atom is -0.487 e. The Hall–Kier alpha value is -2.35. The molecule has 0 N–H and O–H groups in total. The molecule has 5 heteroatoms. The Labute approximate surface area is 118 Å². The molecule has 20 heavy (non-hydrogen) atoms. The third kappa shape index (κ3) is 2.80. The highest BCUT2D eigenvalue weighted by atomic mass is 16.5. The lowest BCUT2D eigenvalue weighted by molar-refractivity contribution is 0.287. The number of ether oxygens (including phenoxy) is 1. The summed E-state index contributed by atoms with van der Waals surface area (Å²) in [6, 6.07) is 8.08. The second-order valence-corrected chi connectivity index (χ2v) is 4.73. The van der Waals surface area contributed by atoms with Crippen LogP contribution in [0.3, 0.4) is 0 Å². The number of rotatable bonds is 5. The molecule has 0 aliphatic rings. The van der Waals surface area contributed by atoms with Gasteiger partial charge in [-0.2, -0.15) is 5.26 Å². The Morgan fingerprint density at radius 2 is 2.00 bits per heavy atom. The van der Waals surface area contributed by atoms with Gasteiger partial charge in [0.25, 0.3) is 0 Å². The molecule has 0 aliphatic carbocycles. The van der Waals surface area contributed by atoms with Crippen molar-refractivity contribution in [2.24, 2.45) is 0 Å². The molecule has 2 aromatic rings. The first-order chi connectivity index (χ1) is 9.67. The van der Waals surface area contributed by atoms with Crippen molar-refractivity contribution in [1.29, 1.82) is 5.26 Å². The number of aryl methyl sites for hydroxylation is 3. The van der Waals surface area contributed by atoms with E-state index >= 15 is 0 Å². The molecular weight excluding hydrogens is 252 g/mol. The van der Waals surface area contributed by atoms with Crippen LogP contribution in [0.2, 0.25) is 0 Å². The van der Waals surface area contributed by atoms with E-state index in [1.807, 2.05) is 32.0 Å². The summed E-state index contributed by atoms with van der Waals surface area (Å²) in [5.74, 6) is 0.862. The fourth-order valence-electron chi connectivity index (χ4n) is 2.12. The molecule has 0 amide bonds. The van der Waals surface area contributed by atoms with Gasteiger partial charge in [-0.15, -0.1) is 5.10 Å². The van der Waals surface area contributed by atoms with Crippen molar-refractivity contribution in [2.75, 3.05) is 0 Å². The van der Waals surface area contributed by atoms with Gasteiger partial charge in [-0.3, -0.25) is 0 Å². The molecular formula is C15H18N4O. The highest BCUT2D eigenvalue weighted by molar-refractivity contribution is 5.40. The van der Waals surface area contributed by atoms with Crippen LogP contribution < -0.4 is 4.74 Å². The van der Waals surface area contributed by atoms with Crippen molar-refractivity contribution in [1.82, 2.24) is 15.0 Å². The number of hydrogen-bond acceptors (Lipinski definition) is 4. The Bertz CT molecular complexity index is 620. The molecule has 0 saturated carbocycles. The van der Waals surface area contributed by atoms with Crippen molar-refractivity contribution in [3.8, 4) is 11.8 Å². The number of aromatic nitrogens is 3. The van der Waals surface area contributed by atoms with Crippen LogP contribution in [0, 0.1) is 25.2 Å². The quantitative estimate of drug-likeness (QED) is 0.838. The minimum absolute atomic E-state index is 0.307. The third-order valence-corrected chi connectivity index (χ3v) is 3.14. The summed E-state index contributed by atoms with van der Waals surface area (Å²) >= 11 is 0. The van der Waals surface area contributed by atoms with Crippen LogP contribution in [-0.4, -0.2) is 15.0 Å². The van der Waals surface area contributed by atoms with Crippen LogP contribution in [0.4, 0.5) is 0 Å². The SMILES string of the molecule is CCCn1nnc(C#N)c1COc1c(C)cccc1C. The van der Waals surface area contributed by atoms with Gasteiger partial charge in [-0.25, -0.2) is 4.68 Å². The zero-order valence-corrected chi connectivity index (χ0v) is 12.1. The Morgan fingerprint density at radius 1 is 1.30 bits per heavy atom. The molecule has 5 nitrogen and oxygen atoms in total. The number of nitriles is 1. The smallest absolute Gasteiger partial charge is 0.189 e. The van der Waals surface area contributed by atoms with Gasteiger partial charge in [0.15, 0.2) is 5.69 Å². The molecule has 0 atom stereocenters. The molecule has 104 valence electrons. The molecule has 0 saturated heterocycles. The first kappa shape index (κ1) is 14.1. The Kier molecular flexibility index (Phi) is 4.36. The van der Waals surface area contributed by atoms with Crippen molar-refractivity contribution in [3.05, 3.63) is 40.7 Å². The van der Waals surface area contributed by atoms with Gasteiger partial charge in [0.05, 0.1) is 0 Å². The maximum atomic E-state index is 9.08. The second kappa shape index (κ2) is 6.20. The maximum absolute atomic E-state index is 9.08. The van der Waals surface area contributed by atoms with E-state index in [1.54, 1.807) is 4.68 Å². The Morgan fingerprint density at radius 3 is 2.60 bits per heavy atom. The number of nitrogens with zero attached hydrogens (tertiary/aromatic N) is 4. The Balaban J connectivity index is 2.23. The second-order valence-electron chi connectivity index (χ2n) is 4.73. The van der Waals surface area contributed by atoms with E-state index in [4.69, 9.17) is 10.00 Å². The summed E-state index contributed by atoms with van der Waals surface area (Å²) in [6.45, 7) is 7.12. The first-order valence-corrected chi connectivity index (χ1v) is 6.68. The standard InChI is InChI=1S/C15H18N4O/c1-4-8-19-14(13(9-16)17-18-19)10-20-15-11(2)6-5-7-12(15)3/h5-7H,4,8,10H2,1-3H3. The van der Waals surface area contributed by atoms with E-state index in [2.05, 4.69) is 23.3 Å². The predicted molar refractivity (Wildman–Crippen MR) is 75.3 cm³/mol. The topological polar surface area (TPSA) is 63.7 Å². The van der Waals surface area contributed by atoms with Gasteiger partial charge in [0.1, 0.15) is 24.1 Å². The van der Waals surface area contributed by atoms with E-state index < -0.39 is 0 Å². The molecule has 0 aliphatic heterocycles. The molecule has 2 rings (SSSR count). The van der Waals surface area contributed by atoms with Crippen LogP contribution >= 0.6 is 0 Å². The summed E-state index contributed by atoms with van der Waals surface area (Å²) in [4.78, 5) is 0.